The summed E-state index contributed by atoms with van der Waals surface area (Å²) in [7, 11) is 2.22. The molecule has 0 fully saturated rings. The largest absolute Gasteiger partial charge is 0.316 e. The molecule has 1 aromatic rings. The van der Waals surface area contributed by atoms with E-state index in [9.17, 15) is 0 Å². The Hall–Kier alpha value is -0.860. The molecule has 2 nitrogen and oxygen atoms in total. The molecule has 0 saturated carbocycles. The van der Waals surface area contributed by atoms with Crippen molar-refractivity contribution in [1.29, 1.82) is 0 Å². The molecule has 2 heteroatoms. The van der Waals surface area contributed by atoms with Gasteiger partial charge in [-0.1, -0.05) is 57.9 Å². The van der Waals surface area contributed by atoms with Gasteiger partial charge in [-0.05, 0) is 50.0 Å². The van der Waals surface area contributed by atoms with Gasteiger partial charge >= 0.3 is 0 Å². The van der Waals surface area contributed by atoms with Crippen molar-refractivity contribution < 1.29 is 0 Å². The zero-order valence-electron chi connectivity index (χ0n) is 14.5. The molecule has 1 N–H and O–H groups in total. The second-order valence-electron chi connectivity index (χ2n) is 6.29. The zero-order chi connectivity index (χ0) is 15.5. The highest BCUT2D eigenvalue weighted by Gasteiger charge is 2.05. The number of nitrogens with zero attached hydrogens (tertiary/aromatic N) is 1. The number of hydrogen-bond donors (Lipinski definition) is 1. The summed E-state index contributed by atoms with van der Waals surface area (Å²) in [5.41, 5.74) is 2.86. The van der Waals surface area contributed by atoms with Gasteiger partial charge < -0.3 is 10.2 Å². The lowest BCUT2D eigenvalue weighted by atomic mass is 9.99. The first-order valence-electron chi connectivity index (χ1n) is 8.65. The molecular formula is C19H34N2. The number of benzene rings is 1. The highest BCUT2D eigenvalue weighted by Crippen LogP contribution is 2.16. The molecule has 1 unspecified atom stereocenters. The van der Waals surface area contributed by atoms with Crippen LogP contribution in [0.25, 0.3) is 0 Å². The van der Waals surface area contributed by atoms with Crippen LogP contribution in [0.3, 0.4) is 0 Å². The molecule has 0 amide bonds. The summed E-state index contributed by atoms with van der Waals surface area (Å²) in [6, 6.07) is 9.19. The molecule has 0 radical (unpaired) electrons. The van der Waals surface area contributed by atoms with E-state index in [0.717, 1.165) is 19.6 Å². The third-order valence-corrected chi connectivity index (χ3v) is 4.02. The molecule has 0 heterocycles. The maximum atomic E-state index is 3.50. The summed E-state index contributed by atoms with van der Waals surface area (Å²) in [6.07, 6.45) is 5.15. The Bertz CT molecular complexity index is 358. The molecule has 0 aromatic heterocycles. The van der Waals surface area contributed by atoms with Crippen molar-refractivity contribution >= 4 is 0 Å². The summed E-state index contributed by atoms with van der Waals surface area (Å²) in [5, 5.41) is 3.50. The zero-order valence-corrected chi connectivity index (χ0v) is 14.5. The van der Waals surface area contributed by atoms with E-state index in [0.29, 0.717) is 5.92 Å². The normalized spacial score (nSPS) is 12.8. The first-order valence-corrected chi connectivity index (χ1v) is 8.65. The number of hydrogen-bond acceptors (Lipinski definition) is 2. The Morgan fingerprint density at radius 2 is 1.76 bits per heavy atom. The quantitative estimate of drug-likeness (QED) is 0.607. The summed E-state index contributed by atoms with van der Waals surface area (Å²) in [6.45, 7) is 11.2. The van der Waals surface area contributed by atoms with Crippen molar-refractivity contribution in [3.8, 4) is 0 Å². The van der Waals surface area contributed by atoms with Gasteiger partial charge in [-0.3, -0.25) is 0 Å². The second kappa shape index (κ2) is 10.8. The molecule has 0 aliphatic rings. The van der Waals surface area contributed by atoms with Crippen molar-refractivity contribution in [2.45, 2.75) is 58.9 Å². The van der Waals surface area contributed by atoms with Crippen LogP contribution in [0.1, 0.15) is 63.5 Å². The molecule has 1 aromatic carbocycles. The highest BCUT2D eigenvalue weighted by atomic mass is 15.1. The highest BCUT2D eigenvalue weighted by molar-refractivity contribution is 5.25. The van der Waals surface area contributed by atoms with Crippen molar-refractivity contribution in [1.82, 2.24) is 10.2 Å². The van der Waals surface area contributed by atoms with E-state index in [4.69, 9.17) is 0 Å². The van der Waals surface area contributed by atoms with Gasteiger partial charge in [0.15, 0.2) is 0 Å². The van der Waals surface area contributed by atoms with Crippen molar-refractivity contribution in [3.63, 3.8) is 0 Å². The summed E-state index contributed by atoms with van der Waals surface area (Å²) < 4.78 is 0. The molecule has 0 saturated heterocycles. The van der Waals surface area contributed by atoms with Gasteiger partial charge in [0.2, 0.25) is 0 Å². The lowest BCUT2D eigenvalue weighted by Crippen LogP contribution is -2.21. The minimum Gasteiger partial charge on any atom is -0.316 e. The topological polar surface area (TPSA) is 15.3 Å². The van der Waals surface area contributed by atoms with E-state index in [1.807, 2.05) is 0 Å². The van der Waals surface area contributed by atoms with Gasteiger partial charge in [0, 0.05) is 13.1 Å². The van der Waals surface area contributed by atoms with Crippen molar-refractivity contribution in [3.05, 3.63) is 35.4 Å². The van der Waals surface area contributed by atoms with Crippen LogP contribution in [0, 0.1) is 0 Å². The van der Waals surface area contributed by atoms with Crippen LogP contribution in [0.5, 0.6) is 0 Å². The molecule has 0 bridgehead atoms. The lowest BCUT2D eigenvalue weighted by Gasteiger charge is -2.17. The smallest absolute Gasteiger partial charge is 0.0230 e. The minimum atomic E-state index is 0.591. The molecule has 0 spiro atoms. The first-order chi connectivity index (χ1) is 10.2. The first kappa shape index (κ1) is 18.2. The van der Waals surface area contributed by atoms with E-state index in [2.05, 4.69) is 62.3 Å². The van der Waals surface area contributed by atoms with Crippen molar-refractivity contribution in [2.75, 3.05) is 26.7 Å². The van der Waals surface area contributed by atoms with Gasteiger partial charge in [0.1, 0.15) is 0 Å². The fourth-order valence-electron chi connectivity index (χ4n) is 2.59. The van der Waals surface area contributed by atoms with E-state index >= 15 is 0 Å². The van der Waals surface area contributed by atoms with E-state index < -0.39 is 0 Å². The second-order valence-corrected chi connectivity index (χ2v) is 6.29. The fraction of sp³-hybridized carbons (Fsp3) is 0.684. The molecule has 120 valence electrons. The Morgan fingerprint density at radius 1 is 1.05 bits per heavy atom. The van der Waals surface area contributed by atoms with Gasteiger partial charge in [-0.25, -0.2) is 0 Å². The van der Waals surface area contributed by atoms with Gasteiger partial charge in [0.05, 0.1) is 0 Å². The van der Waals surface area contributed by atoms with Crippen molar-refractivity contribution in [2.24, 2.45) is 0 Å². The third-order valence-electron chi connectivity index (χ3n) is 4.02. The van der Waals surface area contributed by atoms with E-state index in [1.165, 1.54) is 43.4 Å². The van der Waals surface area contributed by atoms with Crippen LogP contribution in [-0.4, -0.2) is 31.6 Å². The van der Waals surface area contributed by atoms with E-state index in [1.54, 1.807) is 0 Å². The summed E-state index contributed by atoms with van der Waals surface area (Å²) in [4.78, 5) is 2.43. The standard InChI is InChI=1S/C19H34N2/c1-5-7-8-14-21(4)16-18-9-11-19(12-10-18)17(3)15-20-13-6-2/h9-12,17,20H,5-8,13-16H2,1-4H3. The Balaban J connectivity index is 2.38. The molecule has 1 atom stereocenters. The average molecular weight is 290 g/mol. The summed E-state index contributed by atoms with van der Waals surface area (Å²) >= 11 is 0. The predicted molar refractivity (Wildman–Crippen MR) is 93.9 cm³/mol. The van der Waals surface area contributed by atoms with Gasteiger partial charge in [-0.2, -0.15) is 0 Å². The van der Waals surface area contributed by atoms with Crippen LogP contribution in [-0.2, 0) is 6.54 Å². The number of unbranched alkanes of at least 4 members (excludes halogenated alkanes) is 2. The monoisotopic (exact) mass is 290 g/mol. The summed E-state index contributed by atoms with van der Waals surface area (Å²) in [5.74, 6) is 0.591. The van der Waals surface area contributed by atoms with Crippen LogP contribution in [0.4, 0.5) is 0 Å². The average Bonchev–Trinajstić information content (AvgIpc) is 2.48. The molecule has 1 rings (SSSR count). The minimum absolute atomic E-state index is 0.591. The maximum absolute atomic E-state index is 3.50. The number of rotatable bonds is 11. The fourth-order valence-corrected chi connectivity index (χ4v) is 2.59. The van der Waals surface area contributed by atoms with Crippen LogP contribution in [0.15, 0.2) is 24.3 Å². The Labute approximate surface area is 131 Å². The number of nitrogens with one attached hydrogen (secondary N) is 1. The maximum Gasteiger partial charge on any atom is 0.0230 e. The van der Waals surface area contributed by atoms with Gasteiger partial charge in [-0.15, -0.1) is 0 Å². The Morgan fingerprint density at radius 3 is 2.38 bits per heavy atom. The molecular weight excluding hydrogens is 256 g/mol. The van der Waals surface area contributed by atoms with Gasteiger partial charge in [0.25, 0.3) is 0 Å². The Kier molecular flexibility index (Phi) is 9.36. The molecule has 0 aliphatic heterocycles. The van der Waals surface area contributed by atoms with Crippen LogP contribution >= 0.6 is 0 Å². The molecule has 21 heavy (non-hydrogen) atoms. The predicted octanol–water partition coefficient (Wildman–Crippen LogP) is 4.41. The van der Waals surface area contributed by atoms with E-state index in [-0.39, 0.29) is 0 Å². The molecule has 0 aliphatic carbocycles. The third kappa shape index (κ3) is 7.63. The van der Waals surface area contributed by atoms with Crippen LogP contribution < -0.4 is 5.32 Å². The SMILES string of the molecule is CCCCCN(C)Cc1ccc(C(C)CNCCC)cc1. The van der Waals surface area contributed by atoms with Crippen LogP contribution in [0.2, 0.25) is 0 Å². The lowest BCUT2D eigenvalue weighted by molar-refractivity contribution is 0.318.